The maximum atomic E-state index is 3.96. The Kier molecular flexibility index (Phi) is 6.41. The van der Waals surface area contributed by atoms with Gasteiger partial charge in [-0.3, -0.25) is 0 Å². The molecule has 0 atom stereocenters. The Hall–Kier alpha value is -1.45. The number of nitrogens with zero attached hydrogens (tertiary/aromatic N) is 4. The Bertz CT molecular complexity index is 286. The lowest BCUT2D eigenvalue weighted by Crippen LogP contribution is -1.88. The largest absolute Gasteiger partial charge is 0.239 e. The molecule has 4 heteroatoms. The van der Waals surface area contributed by atoms with Gasteiger partial charge in [0.05, 0.1) is 6.20 Å². The summed E-state index contributed by atoms with van der Waals surface area (Å²) in [6.45, 7) is 8.00. The van der Waals surface area contributed by atoms with Gasteiger partial charge in [0, 0.05) is 12.4 Å². The van der Waals surface area contributed by atoms with E-state index in [4.69, 9.17) is 0 Å². The number of hydrogen-bond acceptors (Lipinski definition) is 3. The molecular formula is C9H16N4. The first-order valence-corrected chi connectivity index (χ1v) is 4.56. The van der Waals surface area contributed by atoms with E-state index in [2.05, 4.69) is 15.1 Å². The fourth-order valence-electron chi connectivity index (χ4n) is 0.684. The predicted molar refractivity (Wildman–Crippen MR) is 53.5 cm³/mol. The predicted octanol–water partition coefficient (Wildman–Crippen LogP) is 2.18. The summed E-state index contributed by atoms with van der Waals surface area (Å²) in [4.78, 5) is 7.75. The van der Waals surface area contributed by atoms with Crippen LogP contribution in [0.3, 0.4) is 0 Å². The van der Waals surface area contributed by atoms with Crippen LogP contribution in [-0.4, -0.2) is 19.6 Å². The smallest absolute Gasteiger partial charge is 0.171 e. The second kappa shape index (κ2) is 7.21. The Morgan fingerprint density at radius 1 is 1.15 bits per heavy atom. The van der Waals surface area contributed by atoms with E-state index < -0.39 is 0 Å². The maximum Gasteiger partial charge on any atom is 0.171 e. The molecule has 72 valence electrons. The van der Waals surface area contributed by atoms with Crippen LogP contribution in [0.25, 0.3) is 5.65 Å². The zero-order valence-electron chi connectivity index (χ0n) is 8.60. The third kappa shape index (κ3) is 3.19. The number of hydrogen-bond donors (Lipinski definition) is 0. The van der Waals surface area contributed by atoms with Gasteiger partial charge < -0.3 is 0 Å². The molecule has 0 spiro atoms. The van der Waals surface area contributed by atoms with Crippen molar-refractivity contribution in [1.29, 1.82) is 0 Å². The van der Waals surface area contributed by atoms with Crippen LogP contribution >= 0.6 is 0 Å². The molecule has 2 aromatic rings. The minimum absolute atomic E-state index is 0.775. The van der Waals surface area contributed by atoms with E-state index in [0.717, 1.165) is 5.65 Å². The molecule has 0 bridgehead atoms. The molecular weight excluding hydrogens is 164 g/mol. The molecule has 13 heavy (non-hydrogen) atoms. The summed E-state index contributed by atoms with van der Waals surface area (Å²) in [5, 5.41) is 3.88. The van der Waals surface area contributed by atoms with Gasteiger partial charge in [-0.15, -0.1) is 0 Å². The average molecular weight is 180 g/mol. The summed E-state index contributed by atoms with van der Waals surface area (Å²) >= 11 is 0. The van der Waals surface area contributed by atoms with Gasteiger partial charge >= 0.3 is 0 Å². The molecule has 0 fully saturated rings. The van der Waals surface area contributed by atoms with Crippen LogP contribution < -0.4 is 0 Å². The fraction of sp³-hybridized carbons (Fsp3) is 0.444. The number of fused-ring (bicyclic) bond motifs is 1. The molecule has 4 nitrogen and oxygen atoms in total. The Morgan fingerprint density at radius 2 is 1.85 bits per heavy atom. The van der Waals surface area contributed by atoms with Gasteiger partial charge in [-0.1, -0.05) is 27.7 Å². The summed E-state index contributed by atoms with van der Waals surface area (Å²) in [7, 11) is 0. The van der Waals surface area contributed by atoms with Gasteiger partial charge in [0.15, 0.2) is 5.65 Å². The first kappa shape index (κ1) is 11.6. The van der Waals surface area contributed by atoms with Gasteiger partial charge in [0.2, 0.25) is 0 Å². The molecule has 0 aromatic carbocycles. The summed E-state index contributed by atoms with van der Waals surface area (Å²) in [5.74, 6) is 0. The average Bonchev–Trinajstić information content (AvgIpc) is 2.71. The first-order valence-electron chi connectivity index (χ1n) is 4.56. The lowest BCUT2D eigenvalue weighted by Gasteiger charge is -1.84. The van der Waals surface area contributed by atoms with Gasteiger partial charge in [-0.2, -0.15) is 5.10 Å². The van der Waals surface area contributed by atoms with E-state index in [1.54, 1.807) is 23.1 Å². The number of imidazole rings is 1. The lowest BCUT2D eigenvalue weighted by molar-refractivity contribution is 0.897. The van der Waals surface area contributed by atoms with Crippen LogP contribution in [0.4, 0.5) is 0 Å². The molecule has 2 aromatic heterocycles. The van der Waals surface area contributed by atoms with Gasteiger partial charge in [0.1, 0.15) is 6.33 Å². The van der Waals surface area contributed by atoms with E-state index in [-0.39, 0.29) is 0 Å². The zero-order chi connectivity index (χ0) is 10.1. The molecule has 0 amide bonds. The summed E-state index contributed by atoms with van der Waals surface area (Å²) in [6, 6.07) is 0. The Morgan fingerprint density at radius 3 is 2.46 bits per heavy atom. The molecule has 0 aliphatic rings. The minimum Gasteiger partial charge on any atom is -0.239 e. The second-order valence-corrected chi connectivity index (χ2v) is 1.64. The fourth-order valence-corrected chi connectivity index (χ4v) is 0.684. The van der Waals surface area contributed by atoms with Crippen LogP contribution in [0.2, 0.25) is 0 Å². The van der Waals surface area contributed by atoms with Crippen LogP contribution in [0.1, 0.15) is 27.7 Å². The highest BCUT2D eigenvalue weighted by molar-refractivity contribution is 5.31. The summed E-state index contributed by atoms with van der Waals surface area (Å²) in [6.07, 6.45) is 6.60. The van der Waals surface area contributed by atoms with E-state index in [9.17, 15) is 0 Å². The standard InChI is InChI=1S/C5H4N4.2C2H6/c1-2-9-5(7-1)3-6-4-8-9;2*1-2/h1-4H;2*1-2H3. The molecule has 0 N–H and O–H groups in total. The van der Waals surface area contributed by atoms with E-state index in [1.807, 2.05) is 27.7 Å². The van der Waals surface area contributed by atoms with Gasteiger partial charge in [-0.25, -0.2) is 14.5 Å². The Labute approximate surface area is 78.6 Å². The van der Waals surface area contributed by atoms with Crippen molar-refractivity contribution in [2.24, 2.45) is 0 Å². The molecule has 0 unspecified atom stereocenters. The molecule has 0 radical (unpaired) electrons. The van der Waals surface area contributed by atoms with Crippen molar-refractivity contribution in [2.45, 2.75) is 27.7 Å². The SMILES string of the molecule is CC.CC.c1cn2ncncc2n1. The van der Waals surface area contributed by atoms with Crippen molar-refractivity contribution >= 4 is 5.65 Å². The Balaban J connectivity index is 0.000000322. The highest BCUT2D eigenvalue weighted by Gasteiger charge is 1.87. The van der Waals surface area contributed by atoms with Crippen molar-refractivity contribution in [3.8, 4) is 0 Å². The molecule has 2 heterocycles. The molecule has 2 rings (SSSR count). The van der Waals surface area contributed by atoms with Crippen LogP contribution in [-0.2, 0) is 0 Å². The number of aromatic nitrogens is 4. The van der Waals surface area contributed by atoms with E-state index in [0.29, 0.717) is 0 Å². The summed E-state index contributed by atoms with van der Waals surface area (Å²) < 4.78 is 1.66. The second-order valence-electron chi connectivity index (χ2n) is 1.64. The highest BCUT2D eigenvalue weighted by atomic mass is 15.3. The normalized spacial score (nSPS) is 8.00. The molecule has 0 aliphatic carbocycles. The summed E-state index contributed by atoms with van der Waals surface area (Å²) in [5.41, 5.74) is 0.775. The zero-order valence-corrected chi connectivity index (χ0v) is 8.60. The molecule has 0 aliphatic heterocycles. The van der Waals surface area contributed by atoms with Crippen LogP contribution in [0, 0.1) is 0 Å². The third-order valence-electron chi connectivity index (χ3n) is 1.08. The molecule has 0 saturated carbocycles. The van der Waals surface area contributed by atoms with Crippen LogP contribution in [0.15, 0.2) is 24.9 Å². The monoisotopic (exact) mass is 180 g/mol. The van der Waals surface area contributed by atoms with E-state index in [1.165, 1.54) is 6.33 Å². The van der Waals surface area contributed by atoms with Crippen molar-refractivity contribution in [1.82, 2.24) is 19.6 Å². The highest BCUT2D eigenvalue weighted by Crippen LogP contribution is 1.90. The third-order valence-corrected chi connectivity index (χ3v) is 1.08. The lowest BCUT2D eigenvalue weighted by atomic mass is 10.8. The molecule has 0 saturated heterocycles. The van der Waals surface area contributed by atoms with Crippen molar-refractivity contribution in [2.75, 3.05) is 0 Å². The van der Waals surface area contributed by atoms with Gasteiger partial charge in [0.25, 0.3) is 0 Å². The topological polar surface area (TPSA) is 43.1 Å². The van der Waals surface area contributed by atoms with Crippen molar-refractivity contribution < 1.29 is 0 Å². The maximum absolute atomic E-state index is 3.96. The van der Waals surface area contributed by atoms with Crippen molar-refractivity contribution in [3.63, 3.8) is 0 Å². The van der Waals surface area contributed by atoms with Crippen molar-refractivity contribution in [3.05, 3.63) is 24.9 Å². The quantitative estimate of drug-likeness (QED) is 0.624. The minimum atomic E-state index is 0.775. The first-order chi connectivity index (χ1) is 6.47. The van der Waals surface area contributed by atoms with Gasteiger partial charge in [-0.05, 0) is 0 Å². The van der Waals surface area contributed by atoms with E-state index >= 15 is 0 Å². The van der Waals surface area contributed by atoms with Crippen LogP contribution in [0.5, 0.6) is 0 Å². The number of rotatable bonds is 0.